The van der Waals surface area contributed by atoms with Crippen LogP contribution in [0.4, 0.5) is 0 Å². The number of nitrogens with zero attached hydrogens (tertiary/aromatic N) is 1. The molecule has 2 aromatic carbocycles. The van der Waals surface area contributed by atoms with E-state index in [1.807, 2.05) is 39.0 Å². The highest BCUT2D eigenvalue weighted by Crippen LogP contribution is 2.22. The van der Waals surface area contributed by atoms with E-state index in [0.717, 1.165) is 16.7 Å². The van der Waals surface area contributed by atoms with Gasteiger partial charge in [-0.05, 0) is 47.4 Å². The van der Waals surface area contributed by atoms with Crippen LogP contribution in [0.2, 0.25) is 0 Å². The van der Waals surface area contributed by atoms with E-state index in [2.05, 4.69) is 5.32 Å². The Morgan fingerprint density at radius 1 is 1.00 bits per heavy atom. The summed E-state index contributed by atoms with van der Waals surface area (Å²) >= 11 is 0. The van der Waals surface area contributed by atoms with E-state index in [9.17, 15) is 19.5 Å². The molecule has 0 aromatic heterocycles. The number of hydrogen-bond acceptors (Lipinski definition) is 3. The van der Waals surface area contributed by atoms with E-state index in [1.54, 1.807) is 29.2 Å². The van der Waals surface area contributed by atoms with E-state index >= 15 is 0 Å². The summed E-state index contributed by atoms with van der Waals surface area (Å²) in [6, 6.07) is 12.3. The second-order valence-corrected chi connectivity index (χ2v) is 8.39. The molecule has 0 aliphatic carbocycles. The fourth-order valence-electron chi connectivity index (χ4n) is 3.26. The molecule has 152 valence electrons. The highest BCUT2D eigenvalue weighted by molar-refractivity contribution is 5.94. The summed E-state index contributed by atoms with van der Waals surface area (Å²) in [5, 5.41) is 12.1. The Morgan fingerprint density at radius 2 is 1.66 bits per heavy atom. The molecule has 6 heteroatoms. The topological polar surface area (TPSA) is 86.7 Å². The number of carbonyl (C=O) groups is 3. The van der Waals surface area contributed by atoms with Crippen LogP contribution >= 0.6 is 0 Å². The van der Waals surface area contributed by atoms with Crippen LogP contribution in [0.25, 0.3) is 0 Å². The van der Waals surface area contributed by atoms with E-state index < -0.39 is 11.4 Å². The zero-order valence-electron chi connectivity index (χ0n) is 17.0. The summed E-state index contributed by atoms with van der Waals surface area (Å²) in [6.45, 7) is 7.00. The Bertz CT molecular complexity index is 942. The summed E-state index contributed by atoms with van der Waals surface area (Å²) in [7, 11) is 0. The molecule has 0 unspecified atom stereocenters. The third-order valence-electron chi connectivity index (χ3n) is 5.09. The van der Waals surface area contributed by atoms with Crippen molar-refractivity contribution in [2.45, 2.75) is 40.3 Å². The molecule has 0 bridgehead atoms. The molecule has 0 radical (unpaired) electrons. The smallest absolute Gasteiger partial charge is 0.335 e. The van der Waals surface area contributed by atoms with Crippen molar-refractivity contribution in [2.24, 2.45) is 5.41 Å². The maximum absolute atomic E-state index is 12.9. The van der Waals surface area contributed by atoms with Gasteiger partial charge in [-0.3, -0.25) is 9.59 Å². The number of carboxylic acids is 1. The third kappa shape index (κ3) is 4.83. The number of rotatable bonds is 4. The molecule has 29 heavy (non-hydrogen) atoms. The number of carbonyl (C=O) groups excluding carboxylic acids is 2. The summed E-state index contributed by atoms with van der Waals surface area (Å²) in [6.07, 6.45) is 0.706. The Labute approximate surface area is 170 Å². The number of fused-ring (bicyclic) bond motifs is 1. The predicted molar refractivity (Wildman–Crippen MR) is 110 cm³/mol. The average molecular weight is 394 g/mol. The van der Waals surface area contributed by atoms with Crippen molar-refractivity contribution in [3.05, 3.63) is 70.3 Å². The molecular weight excluding hydrogens is 368 g/mol. The first-order chi connectivity index (χ1) is 13.6. The lowest BCUT2D eigenvalue weighted by Crippen LogP contribution is -2.36. The van der Waals surface area contributed by atoms with Crippen molar-refractivity contribution in [1.82, 2.24) is 10.2 Å². The maximum atomic E-state index is 12.9. The quantitative estimate of drug-likeness (QED) is 0.833. The summed E-state index contributed by atoms with van der Waals surface area (Å²) < 4.78 is 0. The number of aromatic carboxylic acids is 1. The second kappa shape index (κ2) is 8.07. The van der Waals surface area contributed by atoms with Gasteiger partial charge in [-0.15, -0.1) is 0 Å². The van der Waals surface area contributed by atoms with Gasteiger partial charge in [-0.25, -0.2) is 4.79 Å². The van der Waals surface area contributed by atoms with Crippen molar-refractivity contribution in [3.8, 4) is 0 Å². The lowest BCUT2D eigenvalue weighted by atomic mass is 9.95. The van der Waals surface area contributed by atoms with Crippen LogP contribution in [0.15, 0.2) is 42.5 Å². The van der Waals surface area contributed by atoms with Crippen molar-refractivity contribution in [3.63, 3.8) is 0 Å². The second-order valence-electron chi connectivity index (χ2n) is 8.39. The van der Waals surface area contributed by atoms with Crippen molar-refractivity contribution in [2.75, 3.05) is 6.54 Å². The first kappa shape index (κ1) is 20.6. The molecular formula is C23H26N2O4. The lowest BCUT2D eigenvalue weighted by Gasteiger charge is -2.29. The van der Waals surface area contributed by atoms with Crippen LogP contribution in [0, 0.1) is 5.41 Å². The number of nitrogens with one attached hydrogen (secondary N) is 1. The van der Waals surface area contributed by atoms with Gasteiger partial charge in [0.05, 0.1) is 5.56 Å². The molecule has 0 saturated heterocycles. The fourth-order valence-corrected chi connectivity index (χ4v) is 3.26. The molecule has 1 heterocycles. The van der Waals surface area contributed by atoms with Crippen LogP contribution in [-0.2, 0) is 24.3 Å². The zero-order valence-corrected chi connectivity index (χ0v) is 17.0. The van der Waals surface area contributed by atoms with E-state index in [0.29, 0.717) is 31.6 Å². The van der Waals surface area contributed by atoms with Gasteiger partial charge in [0.15, 0.2) is 0 Å². The molecule has 2 N–H and O–H groups in total. The third-order valence-corrected chi connectivity index (χ3v) is 5.09. The Kier molecular flexibility index (Phi) is 5.73. The number of benzene rings is 2. The normalized spacial score (nSPS) is 13.6. The Balaban J connectivity index is 1.66. The van der Waals surface area contributed by atoms with E-state index in [-0.39, 0.29) is 17.4 Å². The van der Waals surface area contributed by atoms with Crippen LogP contribution in [0.1, 0.15) is 58.2 Å². The van der Waals surface area contributed by atoms with Gasteiger partial charge in [0.25, 0.3) is 5.91 Å². The molecule has 3 rings (SSSR count). The fraction of sp³-hybridized carbons (Fsp3) is 0.348. The first-order valence-corrected chi connectivity index (χ1v) is 9.67. The number of hydrogen-bond donors (Lipinski definition) is 2. The minimum absolute atomic E-state index is 0.0228. The van der Waals surface area contributed by atoms with Crippen molar-refractivity contribution in [1.29, 1.82) is 0 Å². The molecule has 0 saturated carbocycles. The highest BCUT2D eigenvalue weighted by Gasteiger charge is 2.23. The minimum Gasteiger partial charge on any atom is -0.478 e. The SMILES string of the molecule is CC(C)(C)C(=O)NCc1ccc(C(=O)N2CCc3ccc(C(=O)O)cc3C2)cc1. The summed E-state index contributed by atoms with van der Waals surface area (Å²) in [5.74, 6) is -1.07. The standard InChI is InChI=1S/C23H26N2O4/c1-23(2,3)22(29)24-13-15-4-6-17(7-5-15)20(26)25-11-10-16-8-9-18(21(27)28)12-19(16)14-25/h4-9,12H,10-11,13-14H2,1-3H3,(H,24,29)(H,27,28). The van der Waals surface area contributed by atoms with Gasteiger partial charge in [-0.1, -0.05) is 39.0 Å². The first-order valence-electron chi connectivity index (χ1n) is 9.67. The summed E-state index contributed by atoms with van der Waals surface area (Å²) in [5.41, 5.74) is 3.26. The lowest BCUT2D eigenvalue weighted by molar-refractivity contribution is -0.128. The Hall–Kier alpha value is -3.15. The van der Waals surface area contributed by atoms with Gasteiger partial charge < -0.3 is 15.3 Å². The molecule has 2 aromatic rings. The monoisotopic (exact) mass is 394 g/mol. The van der Waals surface area contributed by atoms with Gasteiger partial charge in [0.1, 0.15) is 0 Å². The molecule has 0 atom stereocenters. The molecule has 2 amide bonds. The molecule has 6 nitrogen and oxygen atoms in total. The predicted octanol–water partition coefficient (Wildman–Crippen LogP) is 3.25. The molecule has 0 spiro atoms. The largest absolute Gasteiger partial charge is 0.478 e. The number of amides is 2. The van der Waals surface area contributed by atoms with Crippen LogP contribution < -0.4 is 5.32 Å². The minimum atomic E-state index is -0.967. The summed E-state index contributed by atoms with van der Waals surface area (Å²) in [4.78, 5) is 37.8. The highest BCUT2D eigenvalue weighted by atomic mass is 16.4. The van der Waals surface area contributed by atoms with Gasteiger partial charge >= 0.3 is 5.97 Å². The van der Waals surface area contributed by atoms with Crippen molar-refractivity contribution < 1.29 is 19.5 Å². The molecule has 0 fully saturated rings. The van der Waals surface area contributed by atoms with Gasteiger partial charge in [-0.2, -0.15) is 0 Å². The van der Waals surface area contributed by atoms with E-state index in [1.165, 1.54) is 0 Å². The molecule has 1 aliphatic rings. The van der Waals surface area contributed by atoms with E-state index in [4.69, 9.17) is 0 Å². The molecule has 1 aliphatic heterocycles. The average Bonchev–Trinajstić information content (AvgIpc) is 2.70. The maximum Gasteiger partial charge on any atom is 0.335 e. The van der Waals surface area contributed by atoms with Crippen molar-refractivity contribution >= 4 is 17.8 Å². The van der Waals surface area contributed by atoms with Gasteiger partial charge in [0, 0.05) is 30.6 Å². The van der Waals surface area contributed by atoms with Crippen LogP contribution in [0.5, 0.6) is 0 Å². The van der Waals surface area contributed by atoms with Gasteiger partial charge in [0.2, 0.25) is 5.91 Å². The Morgan fingerprint density at radius 3 is 2.28 bits per heavy atom. The van der Waals surface area contributed by atoms with Crippen LogP contribution in [0.3, 0.4) is 0 Å². The van der Waals surface area contributed by atoms with Crippen LogP contribution in [-0.4, -0.2) is 34.3 Å². The zero-order chi connectivity index (χ0) is 21.2. The number of carboxylic acid groups (broad SMARTS) is 1.